The molecule has 1 aliphatic heterocycles. The number of ether oxygens (including phenoxy) is 1. The van der Waals surface area contributed by atoms with Gasteiger partial charge in [-0.3, -0.25) is 4.99 Å². The standard InChI is InChI=1S/C21H34N4O/c1-22-21(23-12-9-17-10-13-25(2)14-11-17)24-15-19-5-3-4-6-20(19)26-16-18-7-8-18/h3-6,17-18H,7-16H2,1-2H3,(H2,22,23,24). The molecular formula is C21H34N4O. The summed E-state index contributed by atoms with van der Waals surface area (Å²) in [7, 11) is 4.05. The second-order valence-corrected chi connectivity index (χ2v) is 7.75. The molecule has 3 rings (SSSR count). The van der Waals surface area contributed by atoms with Gasteiger partial charge in [-0.05, 0) is 70.1 Å². The van der Waals surface area contributed by atoms with Gasteiger partial charge in [0, 0.05) is 25.7 Å². The van der Waals surface area contributed by atoms with E-state index in [2.05, 4.69) is 45.8 Å². The summed E-state index contributed by atoms with van der Waals surface area (Å²) in [5.74, 6) is 3.47. The maximum atomic E-state index is 5.99. The number of para-hydroxylation sites is 1. The van der Waals surface area contributed by atoms with Gasteiger partial charge in [-0.1, -0.05) is 18.2 Å². The summed E-state index contributed by atoms with van der Waals surface area (Å²) >= 11 is 0. The molecule has 144 valence electrons. The highest BCUT2D eigenvalue weighted by molar-refractivity contribution is 5.79. The van der Waals surface area contributed by atoms with Gasteiger partial charge in [0.25, 0.3) is 0 Å². The van der Waals surface area contributed by atoms with E-state index < -0.39 is 0 Å². The van der Waals surface area contributed by atoms with Crippen LogP contribution in [0.1, 0.15) is 37.7 Å². The van der Waals surface area contributed by atoms with Crippen LogP contribution in [-0.4, -0.2) is 51.2 Å². The van der Waals surface area contributed by atoms with Crippen molar-refractivity contribution in [3.63, 3.8) is 0 Å². The fourth-order valence-corrected chi connectivity index (χ4v) is 3.43. The number of aliphatic imine (C=N–C) groups is 1. The van der Waals surface area contributed by atoms with Gasteiger partial charge in [0.1, 0.15) is 5.75 Å². The summed E-state index contributed by atoms with van der Waals surface area (Å²) < 4.78 is 5.99. The lowest BCUT2D eigenvalue weighted by Gasteiger charge is -2.29. The van der Waals surface area contributed by atoms with Gasteiger partial charge in [0.15, 0.2) is 5.96 Å². The Kier molecular flexibility index (Phi) is 7.18. The molecule has 1 saturated carbocycles. The first-order valence-corrected chi connectivity index (χ1v) is 10.1. The minimum atomic E-state index is 0.731. The van der Waals surface area contributed by atoms with Crippen molar-refractivity contribution in [2.75, 3.05) is 40.3 Å². The molecule has 1 aromatic carbocycles. The minimum absolute atomic E-state index is 0.731. The molecule has 0 bridgehead atoms. The van der Waals surface area contributed by atoms with Crippen molar-refractivity contribution in [1.29, 1.82) is 0 Å². The Balaban J connectivity index is 1.39. The van der Waals surface area contributed by atoms with E-state index in [1.165, 1.54) is 50.8 Å². The van der Waals surface area contributed by atoms with Crippen LogP contribution in [0.2, 0.25) is 0 Å². The van der Waals surface area contributed by atoms with E-state index >= 15 is 0 Å². The molecule has 26 heavy (non-hydrogen) atoms. The minimum Gasteiger partial charge on any atom is -0.493 e. The first-order chi connectivity index (χ1) is 12.7. The van der Waals surface area contributed by atoms with Crippen molar-refractivity contribution >= 4 is 5.96 Å². The molecule has 1 saturated heterocycles. The number of rotatable bonds is 8. The van der Waals surface area contributed by atoms with E-state index in [1.807, 2.05) is 13.1 Å². The number of guanidine groups is 1. The van der Waals surface area contributed by atoms with E-state index in [-0.39, 0.29) is 0 Å². The smallest absolute Gasteiger partial charge is 0.191 e. The van der Waals surface area contributed by atoms with Crippen molar-refractivity contribution in [2.24, 2.45) is 16.8 Å². The van der Waals surface area contributed by atoms with Crippen molar-refractivity contribution < 1.29 is 4.74 Å². The Labute approximate surface area is 158 Å². The average Bonchev–Trinajstić information content (AvgIpc) is 3.49. The first kappa shape index (κ1) is 19.0. The Morgan fingerprint density at radius 1 is 1.12 bits per heavy atom. The van der Waals surface area contributed by atoms with Crippen molar-refractivity contribution in [2.45, 2.75) is 38.6 Å². The van der Waals surface area contributed by atoms with Crippen LogP contribution in [0.15, 0.2) is 29.3 Å². The molecule has 0 atom stereocenters. The van der Waals surface area contributed by atoms with Gasteiger partial charge >= 0.3 is 0 Å². The molecule has 0 radical (unpaired) electrons. The lowest BCUT2D eigenvalue weighted by Crippen LogP contribution is -2.38. The molecule has 0 aromatic heterocycles. The van der Waals surface area contributed by atoms with E-state index in [0.29, 0.717) is 0 Å². The first-order valence-electron chi connectivity index (χ1n) is 10.1. The number of benzene rings is 1. The van der Waals surface area contributed by atoms with Gasteiger partial charge in [-0.25, -0.2) is 0 Å². The maximum Gasteiger partial charge on any atom is 0.191 e. The molecule has 5 heteroatoms. The Hall–Kier alpha value is -1.75. The molecule has 0 unspecified atom stereocenters. The highest BCUT2D eigenvalue weighted by Gasteiger charge is 2.22. The van der Waals surface area contributed by atoms with E-state index in [9.17, 15) is 0 Å². The highest BCUT2D eigenvalue weighted by Crippen LogP contribution is 2.30. The van der Waals surface area contributed by atoms with Gasteiger partial charge < -0.3 is 20.3 Å². The van der Waals surface area contributed by atoms with Crippen LogP contribution in [0, 0.1) is 11.8 Å². The summed E-state index contributed by atoms with van der Waals surface area (Å²) in [6, 6.07) is 8.30. The molecule has 0 spiro atoms. The normalized spacial score (nSPS) is 19.4. The predicted molar refractivity (Wildman–Crippen MR) is 108 cm³/mol. The molecular weight excluding hydrogens is 324 g/mol. The fraction of sp³-hybridized carbons (Fsp3) is 0.667. The Morgan fingerprint density at radius 3 is 2.62 bits per heavy atom. The van der Waals surface area contributed by atoms with Gasteiger partial charge in [0.2, 0.25) is 0 Å². The molecule has 1 aromatic rings. The lowest BCUT2D eigenvalue weighted by atomic mass is 9.94. The molecule has 1 heterocycles. The summed E-state index contributed by atoms with van der Waals surface area (Å²) in [6.45, 7) is 5.02. The number of piperidine rings is 1. The largest absolute Gasteiger partial charge is 0.493 e. The van der Waals surface area contributed by atoms with Crippen LogP contribution in [0.5, 0.6) is 5.75 Å². The van der Waals surface area contributed by atoms with Crippen molar-refractivity contribution in [3.05, 3.63) is 29.8 Å². The third-order valence-corrected chi connectivity index (χ3v) is 5.50. The van der Waals surface area contributed by atoms with Crippen LogP contribution in [0.25, 0.3) is 0 Å². The molecule has 1 aliphatic carbocycles. The second-order valence-electron chi connectivity index (χ2n) is 7.75. The fourth-order valence-electron chi connectivity index (χ4n) is 3.43. The third kappa shape index (κ3) is 6.20. The number of hydrogen-bond donors (Lipinski definition) is 2. The molecule has 0 amide bonds. The lowest BCUT2D eigenvalue weighted by molar-refractivity contribution is 0.213. The number of nitrogens with one attached hydrogen (secondary N) is 2. The number of likely N-dealkylation sites (tertiary alicyclic amines) is 1. The van der Waals surface area contributed by atoms with Crippen LogP contribution in [0.4, 0.5) is 0 Å². The maximum absolute atomic E-state index is 5.99. The average molecular weight is 359 g/mol. The van der Waals surface area contributed by atoms with Crippen molar-refractivity contribution in [1.82, 2.24) is 15.5 Å². The third-order valence-electron chi connectivity index (χ3n) is 5.50. The topological polar surface area (TPSA) is 48.9 Å². The Morgan fingerprint density at radius 2 is 1.88 bits per heavy atom. The summed E-state index contributed by atoms with van der Waals surface area (Å²) in [6.07, 6.45) is 6.48. The van der Waals surface area contributed by atoms with Gasteiger partial charge in [-0.2, -0.15) is 0 Å². The van der Waals surface area contributed by atoms with Gasteiger partial charge in [-0.15, -0.1) is 0 Å². The predicted octanol–water partition coefficient (Wildman–Crippen LogP) is 2.87. The summed E-state index contributed by atoms with van der Waals surface area (Å²) in [5, 5.41) is 6.89. The van der Waals surface area contributed by atoms with Crippen LogP contribution >= 0.6 is 0 Å². The SMILES string of the molecule is CN=C(NCCC1CCN(C)CC1)NCc1ccccc1OCC1CC1. The molecule has 2 N–H and O–H groups in total. The van der Waals surface area contributed by atoms with Crippen molar-refractivity contribution in [3.8, 4) is 5.75 Å². The zero-order chi connectivity index (χ0) is 18.2. The van der Waals surface area contributed by atoms with Crippen LogP contribution in [0.3, 0.4) is 0 Å². The number of nitrogens with zero attached hydrogens (tertiary/aromatic N) is 2. The highest BCUT2D eigenvalue weighted by atomic mass is 16.5. The van der Waals surface area contributed by atoms with Gasteiger partial charge in [0.05, 0.1) is 6.61 Å². The Bertz CT molecular complexity index is 577. The molecule has 2 fully saturated rings. The summed E-state index contributed by atoms with van der Waals surface area (Å²) in [5.41, 5.74) is 1.19. The second kappa shape index (κ2) is 9.81. The number of hydrogen-bond acceptors (Lipinski definition) is 3. The molecule has 2 aliphatic rings. The van der Waals surface area contributed by atoms with Crippen LogP contribution < -0.4 is 15.4 Å². The summed E-state index contributed by atoms with van der Waals surface area (Å²) in [4.78, 5) is 6.78. The van der Waals surface area contributed by atoms with Crippen LogP contribution in [-0.2, 0) is 6.54 Å². The monoisotopic (exact) mass is 358 g/mol. The van der Waals surface area contributed by atoms with E-state index in [0.717, 1.165) is 43.2 Å². The zero-order valence-corrected chi connectivity index (χ0v) is 16.3. The molecule has 5 nitrogen and oxygen atoms in total. The van der Waals surface area contributed by atoms with E-state index in [1.54, 1.807) is 0 Å². The quantitative estimate of drug-likeness (QED) is 0.554. The van der Waals surface area contributed by atoms with E-state index in [4.69, 9.17) is 4.74 Å². The zero-order valence-electron chi connectivity index (χ0n) is 16.3.